The van der Waals surface area contributed by atoms with Crippen LogP contribution in [-0.2, 0) is 17.6 Å². The minimum Gasteiger partial charge on any atom is -0.508 e. The van der Waals surface area contributed by atoms with Crippen molar-refractivity contribution >= 4 is 23.4 Å². The third-order valence-corrected chi connectivity index (χ3v) is 3.45. The molecule has 0 saturated carbocycles. The van der Waals surface area contributed by atoms with Crippen LogP contribution in [0.1, 0.15) is 30.9 Å². The molecule has 19 heavy (non-hydrogen) atoms. The number of rotatable bonds is 2. The fourth-order valence-corrected chi connectivity index (χ4v) is 2.33. The fraction of sp³-hybridized carbons (Fsp3) is 0.429. The van der Waals surface area contributed by atoms with Crippen LogP contribution in [0.5, 0.6) is 5.75 Å². The molecule has 0 unspecified atom stereocenters. The van der Waals surface area contributed by atoms with Crippen molar-refractivity contribution in [2.75, 3.05) is 5.75 Å². The molecule has 2 rings (SSSR count). The predicted molar refractivity (Wildman–Crippen MR) is 77.5 cm³/mol. The Morgan fingerprint density at radius 1 is 1.37 bits per heavy atom. The molecule has 1 aliphatic carbocycles. The molecule has 0 radical (unpaired) electrons. The van der Waals surface area contributed by atoms with Crippen LogP contribution < -0.4 is 5.32 Å². The second-order valence-electron chi connectivity index (χ2n) is 4.14. The zero-order valence-corrected chi connectivity index (χ0v) is 11.8. The number of amides is 2. The van der Waals surface area contributed by atoms with Gasteiger partial charge in [0, 0.05) is 0 Å². The van der Waals surface area contributed by atoms with E-state index in [2.05, 4.69) is 0 Å². The Balaban J connectivity index is 0.000000203. The van der Waals surface area contributed by atoms with Crippen molar-refractivity contribution in [3.63, 3.8) is 0 Å². The number of benzene rings is 1. The standard InChI is InChI=1S/C10H12O.C4H7NO2S/c11-10-6-5-8-3-1-2-4-9(8)7-10;1-2-8-4(7)5-3-6/h5-7,11H,1-4H2;3H,2H2,1H3,(H,5,6,7). The molecule has 1 aliphatic rings. The first-order valence-electron chi connectivity index (χ1n) is 6.35. The summed E-state index contributed by atoms with van der Waals surface area (Å²) in [4.78, 5) is 19.8. The monoisotopic (exact) mass is 281 g/mol. The van der Waals surface area contributed by atoms with Crippen molar-refractivity contribution in [2.45, 2.75) is 32.6 Å². The van der Waals surface area contributed by atoms with E-state index in [4.69, 9.17) is 0 Å². The predicted octanol–water partition coefficient (Wildman–Crippen LogP) is 2.88. The van der Waals surface area contributed by atoms with Gasteiger partial charge in [0.1, 0.15) is 5.75 Å². The van der Waals surface area contributed by atoms with Crippen LogP contribution >= 0.6 is 11.8 Å². The summed E-state index contributed by atoms with van der Waals surface area (Å²) in [7, 11) is 0. The van der Waals surface area contributed by atoms with Crippen molar-refractivity contribution in [2.24, 2.45) is 0 Å². The van der Waals surface area contributed by atoms with E-state index in [0.29, 0.717) is 17.9 Å². The quantitative estimate of drug-likeness (QED) is 0.818. The molecule has 104 valence electrons. The van der Waals surface area contributed by atoms with Gasteiger partial charge in [-0.05, 0) is 54.7 Å². The molecular weight excluding hydrogens is 262 g/mol. The number of aryl methyl sites for hydroxylation is 2. The van der Waals surface area contributed by atoms with Gasteiger partial charge in [-0.1, -0.05) is 24.8 Å². The lowest BCUT2D eigenvalue weighted by molar-refractivity contribution is -0.108. The molecular formula is C14H19NO3S. The first-order valence-corrected chi connectivity index (χ1v) is 7.33. The highest BCUT2D eigenvalue weighted by Gasteiger charge is 2.08. The molecule has 0 aliphatic heterocycles. The van der Waals surface area contributed by atoms with Gasteiger partial charge in [-0.3, -0.25) is 14.9 Å². The average molecular weight is 281 g/mol. The number of hydrogen-bond acceptors (Lipinski definition) is 4. The molecule has 0 saturated heterocycles. The van der Waals surface area contributed by atoms with Crippen molar-refractivity contribution in [1.29, 1.82) is 0 Å². The summed E-state index contributed by atoms with van der Waals surface area (Å²) in [5, 5.41) is 10.9. The molecule has 0 spiro atoms. The van der Waals surface area contributed by atoms with Crippen molar-refractivity contribution < 1.29 is 14.7 Å². The molecule has 0 fully saturated rings. The van der Waals surface area contributed by atoms with Crippen LogP contribution in [0.15, 0.2) is 18.2 Å². The van der Waals surface area contributed by atoms with Crippen molar-refractivity contribution in [1.82, 2.24) is 5.32 Å². The topological polar surface area (TPSA) is 66.4 Å². The van der Waals surface area contributed by atoms with Crippen LogP contribution in [-0.4, -0.2) is 22.5 Å². The van der Waals surface area contributed by atoms with Crippen LogP contribution in [0.25, 0.3) is 0 Å². The summed E-state index contributed by atoms with van der Waals surface area (Å²) in [6.45, 7) is 1.84. The van der Waals surface area contributed by atoms with E-state index < -0.39 is 0 Å². The number of carbonyl (C=O) groups is 2. The highest BCUT2D eigenvalue weighted by atomic mass is 32.2. The van der Waals surface area contributed by atoms with Gasteiger partial charge in [0.05, 0.1) is 0 Å². The Labute approximate surface area is 117 Å². The molecule has 4 nitrogen and oxygen atoms in total. The van der Waals surface area contributed by atoms with E-state index in [0.717, 1.165) is 18.2 Å². The van der Waals surface area contributed by atoms with Crippen LogP contribution in [0.2, 0.25) is 0 Å². The summed E-state index contributed by atoms with van der Waals surface area (Å²) in [5.74, 6) is 1.10. The molecule has 0 bridgehead atoms. The first kappa shape index (κ1) is 15.6. The molecule has 0 atom stereocenters. The van der Waals surface area contributed by atoms with Gasteiger partial charge in [-0.15, -0.1) is 0 Å². The molecule has 0 heterocycles. The van der Waals surface area contributed by atoms with E-state index in [1.165, 1.54) is 30.4 Å². The lowest BCUT2D eigenvalue weighted by atomic mass is 9.92. The SMILES string of the molecule is CCSC(=O)NC=O.Oc1ccc2c(c1)CCCC2. The van der Waals surface area contributed by atoms with E-state index in [9.17, 15) is 14.7 Å². The minimum absolute atomic E-state index is 0.289. The van der Waals surface area contributed by atoms with Gasteiger partial charge >= 0.3 is 0 Å². The number of nitrogens with one attached hydrogen (secondary N) is 1. The van der Waals surface area contributed by atoms with Gasteiger partial charge in [0.2, 0.25) is 6.41 Å². The first-order chi connectivity index (χ1) is 9.17. The lowest BCUT2D eigenvalue weighted by Gasteiger charge is -2.14. The summed E-state index contributed by atoms with van der Waals surface area (Å²) in [6, 6.07) is 5.72. The van der Waals surface area contributed by atoms with Gasteiger partial charge in [-0.25, -0.2) is 0 Å². The number of fused-ring (bicyclic) bond motifs is 1. The molecule has 1 aromatic rings. The second-order valence-corrected chi connectivity index (χ2v) is 5.38. The highest BCUT2D eigenvalue weighted by molar-refractivity contribution is 8.13. The number of phenols is 1. The smallest absolute Gasteiger partial charge is 0.285 e. The number of thioether (sulfide) groups is 1. The zero-order chi connectivity index (χ0) is 14.1. The largest absolute Gasteiger partial charge is 0.508 e. The Morgan fingerprint density at radius 2 is 2.05 bits per heavy atom. The van der Waals surface area contributed by atoms with Crippen molar-refractivity contribution in [3.8, 4) is 5.75 Å². The van der Waals surface area contributed by atoms with E-state index in [1.807, 2.05) is 24.4 Å². The van der Waals surface area contributed by atoms with E-state index in [1.54, 1.807) is 6.07 Å². The van der Waals surface area contributed by atoms with Crippen LogP contribution in [0, 0.1) is 0 Å². The van der Waals surface area contributed by atoms with Gasteiger partial charge in [-0.2, -0.15) is 0 Å². The van der Waals surface area contributed by atoms with E-state index >= 15 is 0 Å². The Kier molecular flexibility index (Phi) is 7.03. The third kappa shape index (κ3) is 5.79. The highest BCUT2D eigenvalue weighted by Crippen LogP contribution is 2.24. The number of imide groups is 1. The van der Waals surface area contributed by atoms with Gasteiger partial charge < -0.3 is 5.11 Å². The molecule has 0 aromatic heterocycles. The van der Waals surface area contributed by atoms with Crippen LogP contribution in [0.4, 0.5) is 4.79 Å². The number of carbonyl (C=O) groups excluding carboxylic acids is 2. The second kappa shape index (κ2) is 8.58. The van der Waals surface area contributed by atoms with E-state index in [-0.39, 0.29) is 5.24 Å². The normalized spacial score (nSPS) is 12.7. The summed E-state index contributed by atoms with van der Waals surface area (Å²) in [5.41, 5.74) is 2.77. The lowest BCUT2D eigenvalue weighted by Crippen LogP contribution is -2.15. The van der Waals surface area contributed by atoms with Gasteiger partial charge in [0.25, 0.3) is 5.24 Å². The summed E-state index contributed by atoms with van der Waals surface area (Å²) >= 11 is 1.07. The third-order valence-electron chi connectivity index (χ3n) is 2.78. The summed E-state index contributed by atoms with van der Waals surface area (Å²) < 4.78 is 0. The maximum Gasteiger partial charge on any atom is 0.285 e. The molecule has 2 amide bonds. The minimum atomic E-state index is -0.289. The number of hydrogen-bond donors (Lipinski definition) is 2. The Hall–Kier alpha value is -1.49. The summed E-state index contributed by atoms with van der Waals surface area (Å²) in [6.07, 6.45) is 5.29. The molecule has 1 aromatic carbocycles. The molecule has 2 N–H and O–H groups in total. The zero-order valence-electron chi connectivity index (χ0n) is 11.0. The van der Waals surface area contributed by atoms with Crippen LogP contribution in [0.3, 0.4) is 0 Å². The number of aromatic hydroxyl groups is 1. The maximum absolute atomic E-state index is 10.3. The Bertz CT molecular complexity index is 435. The average Bonchev–Trinajstić information content (AvgIpc) is 2.40. The Morgan fingerprint density at radius 3 is 2.68 bits per heavy atom. The van der Waals surface area contributed by atoms with Crippen molar-refractivity contribution in [3.05, 3.63) is 29.3 Å². The fourth-order valence-electron chi connectivity index (χ4n) is 1.94. The number of phenolic OH excluding ortho intramolecular Hbond substituents is 1. The molecule has 5 heteroatoms. The maximum atomic E-state index is 10.3. The van der Waals surface area contributed by atoms with Gasteiger partial charge in [0.15, 0.2) is 0 Å².